The first kappa shape index (κ1) is 14.9. The molecule has 116 valence electrons. The molecule has 0 radical (unpaired) electrons. The Morgan fingerprint density at radius 3 is 2.95 bits per heavy atom. The highest BCUT2D eigenvalue weighted by molar-refractivity contribution is 5.33. The van der Waals surface area contributed by atoms with Crippen LogP contribution in [-0.2, 0) is 6.54 Å². The number of nitrogens with one attached hydrogen (secondary N) is 1. The summed E-state index contributed by atoms with van der Waals surface area (Å²) in [5.41, 5.74) is 2.09. The van der Waals surface area contributed by atoms with Gasteiger partial charge in [-0.1, -0.05) is 13.0 Å². The number of aromatic nitrogens is 3. The van der Waals surface area contributed by atoms with Crippen LogP contribution in [0.4, 0.5) is 5.82 Å². The van der Waals surface area contributed by atoms with Gasteiger partial charge in [-0.05, 0) is 31.4 Å². The first-order valence-corrected chi connectivity index (χ1v) is 7.88. The van der Waals surface area contributed by atoms with Gasteiger partial charge in [0.25, 0.3) is 0 Å². The van der Waals surface area contributed by atoms with Gasteiger partial charge in [0, 0.05) is 38.1 Å². The van der Waals surface area contributed by atoms with E-state index in [4.69, 9.17) is 0 Å². The minimum Gasteiger partial charge on any atom is -0.366 e. The molecule has 2 atom stereocenters. The largest absolute Gasteiger partial charge is 0.366 e. The Kier molecular flexibility index (Phi) is 4.63. The van der Waals surface area contributed by atoms with Gasteiger partial charge in [0.05, 0.1) is 17.6 Å². The highest BCUT2D eigenvalue weighted by Crippen LogP contribution is 2.21. The highest BCUT2D eigenvalue weighted by atomic mass is 15.2. The summed E-state index contributed by atoms with van der Waals surface area (Å²) in [5, 5.41) is 3.54. The first-order chi connectivity index (χ1) is 10.7. The van der Waals surface area contributed by atoms with Gasteiger partial charge >= 0.3 is 0 Å². The van der Waals surface area contributed by atoms with E-state index in [0.29, 0.717) is 12.0 Å². The molecule has 2 unspecified atom stereocenters. The van der Waals surface area contributed by atoms with Gasteiger partial charge in [-0.15, -0.1) is 0 Å². The zero-order chi connectivity index (χ0) is 15.4. The molecule has 0 spiro atoms. The summed E-state index contributed by atoms with van der Waals surface area (Å²) >= 11 is 0. The molecule has 2 aromatic rings. The second-order valence-corrected chi connectivity index (χ2v) is 6.12. The third-order valence-electron chi connectivity index (χ3n) is 4.19. The molecule has 1 N–H and O–H groups in total. The van der Waals surface area contributed by atoms with Crippen molar-refractivity contribution in [2.45, 2.75) is 32.9 Å². The van der Waals surface area contributed by atoms with Crippen LogP contribution in [0.1, 0.15) is 24.7 Å². The Labute approximate surface area is 131 Å². The van der Waals surface area contributed by atoms with Gasteiger partial charge in [-0.25, -0.2) is 4.98 Å². The van der Waals surface area contributed by atoms with E-state index in [0.717, 1.165) is 43.3 Å². The predicted octanol–water partition coefficient (Wildman–Crippen LogP) is 2.50. The van der Waals surface area contributed by atoms with Crippen LogP contribution < -0.4 is 5.32 Å². The van der Waals surface area contributed by atoms with Crippen molar-refractivity contribution in [3.63, 3.8) is 0 Å². The fourth-order valence-corrected chi connectivity index (χ4v) is 3.03. The smallest absolute Gasteiger partial charge is 0.145 e. The normalized spacial score (nSPS) is 22.5. The third kappa shape index (κ3) is 3.80. The summed E-state index contributed by atoms with van der Waals surface area (Å²) in [6.45, 7) is 7.36. The number of anilines is 1. The molecule has 3 rings (SSSR count). The van der Waals surface area contributed by atoms with E-state index in [2.05, 4.69) is 44.2 Å². The van der Waals surface area contributed by atoms with Crippen LogP contribution in [0.3, 0.4) is 0 Å². The van der Waals surface area contributed by atoms with Crippen LogP contribution in [0, 0.1) is 12.8 Å². The fourth-order valence-electron chi connectivity index (χ4n) is 3.03. The summed E-state index contributed by atoms with van der Waals surface area (Å²) in [6, 6.07) is 6.56. The molecule has 3 heterocycles. The van der Waals surface area contributed by atoms with Gasteiger partial charge in [-0.2, -0.15) is 0 Å². The molecule has 1 saturated heterocycles. The van der Waals surface area contributed by atoms with Gasteiger partial charge in [0.1, 0.15) is 5.82 Å². The standard InChI is InChI=1S/C17H23N5/c1-13-11-22(12-15-5-3-4-7-19-15)8-6-16(13)21-17-10-18-9-14(2)20-17/h3-5,7,9-10,13,16H,6,8,11-12H2,1-2H3,(H,20,21). The van der Waals surface area contributed by atoms with Crippen molar-refractivity contribution in [1.82, 2.24) is 19.9 Å². The van der Waals surface area contributed by atoms with E-state index in [1.807, 2.05) is 19.2 Å². The molecule has 5 heteroatoms. The number of aryl methyl sites for hydroxylation is 1. The van der Waals surface area contributed by atoms with E-state index in [-0.39, 0.29) is 0 Å². The molecule has 5 nitrogen and oxygen atoms in total. The van der Waals surface area contributed by atoms with Crippen LogP contribution in [0.5, 0.6) is 0 Å². The number of nitrogens with zero attached hydrogens (tertiary/aromatic N) is 4. The van der Waals surface area contributed by atoms with Gasteiger partial charge in [-0.3, -0.25) is 14.9 Å². The van der Waals surface area contributed by atoms with Crippen molar-refractivity contribution >= 4 is 5.82 Å². The number of likely N-dealkylation sites (tertiary alicyclic amines) is 1. The Balaban J connectivity index is 1.56. The van der Waals surface area contributed by atoms with E-state index >= 15 is 0 Å². The van der Waals surface area contributed by atoms with E-state index in [1.165, 1.54) is 0 Å². The molecule has 1 aliphatic heterocycles. The minimum absolute atomic E-state index is 0.455. The zero-order valence-corrected chi connectivity index (χ0v) is 13.2. The second-order valence-electron chi connectivity index (χ2n) is 6.12. The zero-order valence-electron chi connectivity index (χ0n) is 13.2. The van der Waals surface area contributed by atoms with E-state index in [9.17, 15) is 0 Å². The van der Waals surface area contributed by atoms with Crippen LogP contribution in [0.2, 0.25) is 0 Å². The molecule has 0 aliphatic carbocycles. The summed E-state index contributed by atoms with van der Waals surface area (Å²) in [6.07, 6.45) is 6.57. The highest BCUT2D eigenvalue weighted by Gasteiger charge is 2.26. The van der Waals surface area contributed by atoms with E-state index < -0.39 is 0 Å². The van der Waals surface area contributed by atoms with E-state index in [1.54, 1.807) is 12.4 Å². The van der Waals surface area contributed by atoms with Crippen LogP contribution in [0.15, 0.2) is 36.8 Å². The SMILES string of the molecule is Cc1cncc(NC2CCN(Cc3ccccn3)CC2C)n1. The summed E-state index contributed by atoms with van der Waals surface area (Å²) in [5.74, 6) is 1.45. The topological polar surface area (TPSA) is 53.9 Å². The Morgan fingerprint density at radius 2 is 2.23 bits per heavy atom. The number of hydrogen-bond acceptors (Lipinski definition) is 5. The molecule has 1 fully saturated rings. The predicted molar refractivity (Wildman–Crippen MR) is 87.5 cm³/mol. The second kappa shape index (κ2) is 6.83. The Morgan fingerprint density at radius 1 is 1.32 bits per heavy atom. The lowest BCUT2D eigenvalue weighted by Gasteiger charge is -2.37. The average molecular weight is 297 g/mol. The summed E-state index contributed by atoms with van der Waals surface area (Å²) in [7, 11) is 0. The maximum atomic E-state index is 4.49. The first-order valence-electron chi connectivity index (χ1n) is 7.88. The fraction of sp³-hybridized carbons (Fsp3) is 0.471. The molecule has 0 amide bonds. The molecular weight excluding hydrogens is 274 g/mol. The van der Waals surface area contributed by atoms with Crippen LogP contribution >= 0.6 is 0 Å². The van der Waals surface area contributed by atoms with Crippen molar-refractivity contribution < 1.29 is 0 Å². The van der Waals surface area contributed by atoms with Crippen LogP contribution in [0.25, 0.3) is 0 Å². The monoisotopic (exact) mass is 297 g/mol. The van der Waals surface area contributed by atoms with Gasteiger partial charge < -0.3 is 5.32 Å². The summed E-state index contributed by atoms with van der Waals surface area (Å²) < 4.78 is 0. The Hall–Kier alpha value is -2.01. The lowest BCUT2D eigenvalue weighted by Crippen LogP contribution is -2.45. The molecule has 22 heavy (non-hydrogen) atoms. The maximum absolute atomic E-state index is 4.49. The average Bonchev–Trinajstić information content (AvgIpc) is 2.51. The van der Waals surface area contributed by atoms with Crippen molar-refractivity contribution in [3.05, 3.63) is 48.2 Å². The molecule has 0 bridgehead atoms. The van der Waals surface area contributed by atoms with Gasteiger partial charge in [0.2, 0.25) is 0 Å². The molecular formula is C17H23N5. The van der Waals surface area contributed by atoms with Crippen LogP contribution in [-0.4, -0.2) is 39.0 Å². The molecule has 1 aliphatic rings. The molecule has 0 saturated carbocycles. The maximum Gasteiger partial charge on any atom is 0.145 e. The number of hydrogen-bond donors (Lipinski definition) is 1. The minimum atomic E-state index is 0.455. The number of rotatable bonds is 4. The van der Waals surface area contributed by atoms with Gasteiger partial charge in [0.15, 0.2) is 0 Å². The lowest BCUT2D eigenvalue weighted by molar-refractivity contribution is 0.163. The lowest BCUT2D eigenvalue weighted by atomic mass is 9.93. The van der Waals surface area contributed by atoms with Crippen molar-refractivity contribution in [1.29, 1.82) is 0 Å². The number of pyridine rings is 1. The van der Waals surface area contributed by atoms with Crippen molar-refractivity contribution in [2.75, 3.05) is 18.4 Å². The number of piperidine rings is 1. The van der Waals surface area contributed by atoms with Crippen molar-refractivity contribution in [2.24, 2.45) is 5.92 Å². The molecule has 2 aromatic heterocycles. The summed E-state index contributed by atoms with van der Waals surface area (Å²) in [4.78, 5) is 15.6. The molecule has 0 aromatic carbocycles. The van der Waals surface area contributed by atoms with Crippen molar-refractivity contribution in [3.8, 4) is 0 Å². The third-order valence-corrected chi connectivity index (χ3v) is 4.19. The quantitative estimate of drug-likeness (QED) is 0.939. The Bertz CT molecular complexity index is 601.